The van der Waals surface area contributed by atoms with Crippen LogP contribution >= 0.6 is 0 Å². The Morgan fingerprint density at radius 1 is 1.76 bits per heavy atom. The Morgan fingerprint density at radius 2 is 2.53 bits per heavy atom. The average molecular weight is 235 g/mol. The molecule has 1 aromatic heterocycles. The molecule has 1 rings (SSSR count). The standard InChI is InChI=1S/C9H9N5O3/c10-6-8-5-7(1-2-12-8)9(11)13-3-4-17-14(15)16/h1-2,5H,3-4H2,(H2,11,13). The van der Waals surface area contributed by atoms with Crippen molar-refractivity contribution in [3.63, 3.8) is 0 Å². The van der Waals surface area contributed by atoms with E-state index < -0.39 is 5.09 Å². The van der Waals surface area contributed by atoms with Gasteiger partial charge in [-0.05, 0) is 12.1 Å². The fourth-order valence-electron chi connectivity index (χ4n) is 1.02. The van der Waals surface area contributed by atoms with Gasteiger partial charge in [0.2, 0.25) is 0 Å². The normalized spacial score (nSPS) is 10.6. The monoisotopic (exact) mass is 235 g/mol. The molecule has 8 heteroatoms. The van der Waals surface area contributed by atoms with Gasteiger partial charge >= 0.3 is 0 Å². The van der Waals surface area contributed by atoms with Crippen LogP contribution in [0.25, 0.3) is 0 Å². The Morgan fingerprint density at radius 3 is 3.18 bits per heavy atom. The van der Waals surface area contributed by atoms with Gasteiger partial charge in [0, 0.05) is 11.8 Å². The Kier molecular flexibility index (Phi) is 4.38. The number of pyridine rings is 1. The molecule has 1 aromatic rings. The van der Waals surface area contributed by atoms with Crippen LogP contribution in [-0.2, 0) is 4.84 Å². The van der Waals surface area contributed by atoms with Gasteiger partial charge in [-0.25, -0.2) is 4.98 Å². The van der Waals surface area contributed by atoms with E-state index in [-0.39, 0.29) is 24.7 Å². The topological polar surface area (TPSA) is 127 Å². The fraction of sp³-hybridized carbons (Fsp3) is 0.222. The van der Waals surface area contributed by atoms with Gasteiger partial charge in [-0.15, -0.1) is 10.1 Å². The number of rotatable bonds is 5. The van der Waals surface area contributed by atoms with Gasteiger partial charge in [0.05, 0.1) is 6.54 Å². The average Bonchev–Trinajstić information content (AvgIpc) is 2.34. The first-order valence-corrected chi connectivity index (χ1v) is 4.57. The highest BCUT2D eigenvalue weighted by atomic mass is 16.9. The van der Waals surface area contributed by atoms with Crippen LogP contribution in [0.4, 0.5) is 0 Å². The Balaban J connectivity index is 2.62. The van der Waals surface area contributed by atoms with Crippen LogP contribution in [-0.4, -0.2) is 29.1 Å². The summed E-state index contributed by atoms with van der Waals surface area (Å²) in [5, 5.41) is 17.6. The number of nitrogens with two attached hydrogens (primary N) is 1. The van der Waals surface area contributed by atoms with E-state index in [0.717, 1.165) is 0 Å². The lowest BCUT2D eigenvalue weighted by Crippen LogP contribution is -2.16. The molecule has 0 atom stereocenters. The zero-order valence-electron chi connectivity index (χ0n) is 8.74. The number of nitriles is 1. The molecule has 0 aliphatic heterocycles. The first kappa shape index (κ1) is 12.4. The molecule has 0 amide bonds. The van der Waals surface area contributed by atoms with E-state index in [4.69, 9.17) is 11.0 Å². The molecule has 0 spiro atoms. The summed E-state index contributed by atoms with van der Waals surface area (Å²) in [6.45, 7) is -0.0963. The van der Waals surface area contributed by atoms with Gasteiger partial charge in [-0.2, -0.15) is 5.26 Å². The molecule has 0 fully saturated rings. The van der Waals surface area contributed by atoms with Crippen molar-refractivity contribution in [2.75, 3.05) is 13.2 Å². The van der Waals surface area contributed by atoms with Crippen molar-refractivity contribution in [1.82, 2.24) is 4.98 Å². The van der Waals surface area contributed by atoms with Crippen molar-refractivity contribution < 1.29 is 9.92 Å². The second kappa shape index (κ2) is 6.02. The minimum absolute atomic E-state index is 0.0665. The summed E-state index contributed by atoms with van der Waals surface area (Å²) in [4.78, 5) is 21.6. The molecule has 88 valence electrons. The molecule has 0 saturated heterocycles. The smallest absolute Gasteiger partial charge is 0.294 e. The van der Waals surface area contributed by atoms with E-state index in [2.05, 4.69) is 14.8 Å². The Labute approximate surface area is 96.5 Å². The predicted molar refractivity (Wildman–Crippen MR) is 57.5 cm³/mol. The van der Waals surface area contributed by atoms with Gasteiger partial charge in [0.15, 0.2) is 0 Å². The molecular weight excluding hydrogens is 226 g/mol. The Bertz CT molecular complexity index is 480. The largest absolute Gasteiger partial charge is 0.384 e. The Hall–Kier alpha value is -2.69. The third-order valence-electron chi connectivity index (χ3n) is 1.74. The third-order valence-corrected chi connectivity index (χ3v) is 1.74. The summed E-state index contributed by atoms with van der Waals surface area (Å²) in [7, 11) is 0. The maximum Gasteiger partial charge on any atom is 0.294 e. The molecule has 0 radical (unpaired) electrons. The molecule has 0 aliphatic carbocycles. The second-order valence-electron chi connectivity index (χ2n) is 2.87. The highest BCUT2D eigenvalue weighted by Gasteiger charge is 2.00. The zero-order valence-corrected chi connectivity index (χ0v) is 8.74. The van der Waals surface area contributed by atoms with E-state index in [0.29, 0.717) is 5.56 Å². The van der Waals surface area contributed by atoms with Crippen molar-refractivity contribution in [2.45, 2.75) is 0 Å². The molecule has 0 aromatic carbocycles. The maximum atomic E-state index is 9.86. The van der Waals surface area contributed by atoms with E-state index in [1.807, 2.05) is 6.07 Å². The SMILES string of the molecule is N#Cc1cc(C(N)=NCCO[N+](=O)[O-])ccn1. The van der Waals surface area contributed by atoms with Crippen LogP contribution < -0.4 is 5.73 Å². The van der Waals surface area contributed by atoms with Crippen LogP contribution in [0.2, 0.25) is 0 Å². The van der Waals surface area contributed by atoms with Crippen LogP contribution in [0.5, 0.6) is 0 Å². The lowest BCUT2D eigenvalue weighted by Gasteiger charge is -2.00. The maximum absolute atomic E-state index is 9.86. The molecule has 0 bridgehead atoms. The molecule has 17 heavy (non-hydrogen) atoms. The number of aliphatic imine (C=N–C) groups is 1. The van der Waals surface area contributed by atoms with Crippen molar-refractivity contribution >= 4 is 5.84 Å². The van der Waals surface area contributed by atoms with Gasteiger partial charge < -0.3 is 10.6 Å². The summed E-state index contributed by atoms with van der Waals surface area (Å²) in [5.41, 5.74) is 6.39. The first-order valence-electron chi connectivity index (χ1n) is 4.57. The molecule has 8 nitrogen and oxygen atoms in total. The highest BCUT2D eigenvalue weighted by molar-refractivity contribution is 5.97. The number of hydrogen-bond donors (Lipinski definition) is 1. The predicted octanol–water partition coefficient (Wildman–Crippen LogP) is -0.133. The summed E-state index contributed by atoms with van der Waals surface area (Å²) >= 11 is 0. The van der Waals surface area contributed by atoms with E-state index >= 15 is 0 Å². The van der Waals surface area contributed by atoms with Gasteiger partial charge in [0.1, 0.15) is 24.2 Å². The molecule has 0 saturated carbocycles. The highest BCUT2D eigenvalue weighted by Crippen LogP contribution is 2.00. The summed E-state index contributed by atoms with van der Waals surface area (Å²) in [6.07, 6.45) is 1.43. The number of aromatic nitrogens is 1. The van der Waals surface area contributed by atoms with Crippen molar-refractivity contribution in [3.8, 4) is 6.07 Å². The van der Waals surface area contributed by atoms with E-state index in [1.54, 1.807) is 6.07 Å². The van der Waals surface area contributed by atoms with Crippen LogP contribution in [0.1, 0.15) is 11.3 Å². The second-order valence-corrected chi connectivity index (χ2v) is 2.87. The lowest BCUT2D eigenvalue weighted by atomic mass is 10.2. The van der Waals surface area contributed by atoms with Crippen molar-refractivity contribution in [2.24, 2.45) is 10.7 Å². The van der Waals surface area contributed by atoms with Crippen molar-refractivity contribution in [1.29, 1.82) is 5.26 Å². The molecular formula is C9H9N5O3. The zero-order chi connectivity index (χ0) is 12.7. The van der Waals surface area contributed by atoms with Crippen LogP contribution in [0, 0.1) is 21.4 Å². The van der Waals surface area contributed by atoms with Gasteiger partial charge in [0.25, 0.3) is 5.09 Å². The quantitative estimate of drug-likeness (QED) is 0.249. The summed E-state index contributed by atoms with van der Waals surface area (Å²) in [5.74, 6) is 0.177. The van der Waals surface area contributed by atoms with Gasteiger partial charge in [-0.3, -0.25) is 4.99 Å². The molecule has 2 N–H and O–H groups in total. The summed E-state index contributed by atoms with van der Waals surface area (Å²) in [6, 6.07) is 4.94. The number of amidine groups is 1. The lowest BCUT2D eigenvalue weighted by molar-refractivity contribution is -0.757. The summed E-state index contributed by atoms with van der Waals surface area (Å²) < 4.78 is 0. The first-order chi connectivity index (χ1) is 8.13. The number of nitrogens with zero attached hydrogens (tertiary/aromatic N) is 4. The van der Waals surface area contributed by atoms with Crippen LogP contribution in [0.15, 0.2) is 23.3 Å². The third kappa shape index (κ3) is 4.13. The fourth-order valence-corrected chi connectivity index (χ4v) is 1.02. The van der Waals surface area contributed by atoms with Crippen molar-refractivity contribution in [3.05, 3.63) is 39.7 Å². The number of hydrogen-bond acceptors (Lipinski definition) is 6. The minimum Gasteiger partial charge on any atom is -0.384 e. The van der Waals surface area contributed by atoms with Crippen LogP contribution in [0.3, 0.4) is 0 Å². The molecule has 0 unspecified atom stereocenters. The van der Waals surface area contributed by atoms with Gasteiger partial charge in [-0.1, -0.05) is 0 Å². The van der Waals surface area contributed by atoms with E-state index in [9.17, 15) is 10.1 Å². The van der Waals surface area contributed by atoms with E-state index in [1.165, 1.54) is 12.3 Å². The minimum atomic E-state index is -0.897. The molecule has 0 aliphatic rings. The molecule has 1 heterocycles.